The number of hydrogen-bond acceptors (Lipinski definition) is 1. The standard InChI is InChI=1S/C42H26O/c1-2-12-27(13-3-1)29-24-25-38-37(26-29)42-36(22-11-23-39(42)43-38)41-34-19-8-6-17-32(34)40(33-18-7-9-20-35(33)41)31-21-10-15-28-14-4-5-16-30(28)31/h1-26H/i1D,2D,3D,4D,5D,10D,11D,12D,13D,14D,15D,16D,21D,22D,23D,24D,25D,26D. The van der Waals surface area contributed by atoms with E-state index >= 15 is 0 Å². The highest BCUT2D eigenvalue weighted by Crippen LogP contribution is 2.48. The first-order valence-electron chi connectivity index (χ1n) is 22.3. The molecule has 1 heteroatoms. The Morgan fingerprint density at radius 2 is 1.02 bits per heavy atom. The lowest BCUT2D eigenvalue weighted by Crippen LogP contribution is -1.92. The van der Waals surface area contributed by atoms with Gasteiger partial charge in [-0.15, -0.1) is 0 Å². The molecule has 8 aromatic carbocycles. The predicted molar refractivity (Wildman–Crippen MR) is 183 cm³/mol. The summed E-state index contributed by atoms with van der Waals surface area (Å²) in [4.78, 5) is 0. The minimum atomic E-state index is -0.730. The lowest BCUT2D eigenvalue weighted by molar-refractivity contribution is 0.669. The molecular formula is C42H26O. The average molecular weight is 565 g/mol. The molecule has 0 amide bonds. The molecule has 0 saturated carbocycles. The summed E-state index contributed by atoms with van der Waals surface area (Å²) < 4.78 is 164. The first-order valence-corrected chi connectivity index (χ1v) is 13.3. The second-order valence-electron chi connectivity index (χ2n) is 9.85. The monoisotopic (exact) mass is 564 g/mol. The Hall–Kier alpha value is -5.66. The normalized spacial score (nSPS) is 17.6. The summed E-state index contributed by atoms with van der Waals surface area (Å²) in [6.45, 7) is 0. The maximum atomic E-state index is 9.55. The fourth-order valence-corrected chi connectivity index (χ4v) is 5.81. The van der Waals surface area contributed by atoms with Crippen LogP contribution >= 0.6 is 0 Å². The molecule has 9 aromatic rings. The highest BCUT2D eigenvalue weighted by molar-refractivity contribution is 6.27. The molecule has 1 aromatic heterocycles. The van der Waals surface area contributed by atoms with Crippen molar-refractivity contribution < 1.29 is 29.1 Å². The summed E-state index contributed by atoms with van der Waals surface area (Å²) in [7, 11) is 0. The molecule has 1 nitrogen and oxygen atoms in total. The fraction of sp³-hybridized carbons (Fsp3) is 0. The van der Waals surface area contributed by atoms with Gasteiger partial charge in [-0.3, -0.25) is 0 Å². The molecule has 0 aliphatic heterocycles. The topological polar surface area (TPSA) is 13.1 Å². The zero-order valence-corrected chi connectivity index (χ0v) is 22.0. The second kappa shape index (κ2) is 9.44. The molecule has 200 valence electrons. The molecule has 0 fully saturated rings. The SMILES string of the molecule is [2H]c1c([2H])c([2H])c(-c2c([2H])c([2H])c3oc4c([2H])c([2H])c([2H])c(-c5c6ccccc6c(-c6c([2H])c([2H])c([2H])c7c([2H])c([2H])c([2H])c([2H])c67)c6ccccc56)c4c3c2[2H])c([2H])c1[2H]. The minimum absolute atomic E-state index is 0.0480. The molecule has 0 spiro atoms. The second-order valence-corrected chi connectivity index (χ2v) is 9.85. The highest BCUT2D eigenvalue weighted by Gasteiger charge is 2.21. The van der Waals surface area contributed by atoms with E-state index in [1.165, 1.54) is 0 Å². The van der Waals surface area contributed by atoms with Gasteiger partial charge in [0.15, 0.2) is 0 Å². The Morgan fingerprint density at radius 3 is 1.77 bits per heavy atom. The average Bonchev–Trinajstić information content (AvgIpc) is 3.66. The van der Waals surface area contributed by atoms with Crippen LogP contribution in [0.2, 0.25) is 0 Å². The molecule has 43 heavy (non-hydrogen) atoms. The van der Waals surface area contributed by atoms with E-state index in [1.807, 2.05) is 0 Å². The van der Waals surface area contributed by atoms with Crippen molar-refractivity contribution in [3.8, 4) is 33.4 Å². The molecule has 0 atom stereocenters. The summed E-state index contributed by atoms with van der Waals surface area (Å²) >= 11 is 0. The van der Waals surface area contributed by atoms with Crippen LogP contribution in [0.25, 0.3) is 87.6 Å². The first-order chi connectivity index (χ1) is 28.8. The molecule has 0 aliphatic carbocycles. The van der Waals surface area contributed by atoms with Gasteiger partial charge in [0.2, 0.25) is 0 Å². The van der Waals surface area contributed by atoms with Gasteiger partial charge in [-0.1, -0.05) is 139 Å². The third-order valence-electron chi connectivity index (χ3n) is 7.57. The van der Waals surface area contributed by atoms with Crippen LogP contribution in [0.3, 0.4) is 0 Å². The molecule has 1 heterocycles. The first kappa shape index (κ1) is 12.3. The molecule has 0 N–H and O–H groups in total. The van der Waals surface area contributed by atoms with Gasteiger partial charge < -0.3 is 4.42 Å². The lowest BCUT2D eigenvalue weighted by atomic mass is 9.84. The van der Waals surface area contributed by atoms with Crippen LogP contribution in [0, 0.1) is 0 Å². The highest BCUT2D eigenvalue weighted by atomic mass is 16.3. The molecular weight excluding hydrogens is 520 g/mol. The smallest absolute Gasteiger partial charge is 0.136 e. The van der Waals surface area contributed by atoms with Crippen molar-refractivity contribution in [1.29, 1.82) is 0 Å². The quantitative estimate of drug-likeness (QED) is 0.195. The molecule has 0 saturated heterocycles. The van der Waals surface area contributed by atoms with E-state index in [2.05, 4.69) is 0 Å². The molecule has 0 aliphatic rings. The zero-order valence-electron chi connectivity index (χ0n) is 40.0. The van der Waals surface area contributed by atoms with Crippen molar-refractivity contribution in [1.82, 2.24) is 0 Å². The van der Waals surface area contributed by atoms with Crippen molar-refractivity contribution in [2.24, 2.45) is 0 Å². The van der Waals surface area contributed by atoms with E-state index in [0.29, 0.717) is 21.5 Å². The van der Waals surface area contributed by atoms with Crippen molar-refractivity contribution in [2.75, 3.05) is 0 Å². The zero-order chi connectivity index (χ0) is 44.0. The van der Waals surface area contributed by atoms with Gasteiger partial charge in [-0.2, -0.15) is 0 Å². The maximum absolute atomic E-state index is 9.55. The van der Waals surface area contributed by atoms with Crippen LogP contribution in [-0.4, -0.2) is 0 Å². The molecule has 0 radical (unpaired) electrons. The summed E-state index contributed by atoms with van der Waals surface area (Å²) in [6.07, 6.45) is 0. The summed E-state index contributed by atoms with van der Waals surface area (Å²) in [5, 5.41) is 0.722. The Labute approximate surface area is 274 Å². The maximum Gasteiger partial charge on any atom is 0.136 e. The largest absolute Gasteiger partial charge is 0.456 e. The van der Waals surface area contributed by atoms with Crippen molar-refractivity contribution >= 4 is 54.3 Å². The van der Waals surface area contributed by atoms with Crippen molar-refractivity contribution in [2.45, 2.75) is 0 Å². The molecule has 0 bridgehead atoms. The van der Waals surface area contributed by atoms with Gasteiger partial charge in [-0.05, 0) is 83.8 Å². The van der Waals surface area contributed by atoms with Crippen LogP contribution in [0.1, 0.15) is 24.7 Å². The molecule has 9 rings (SSSR count). The summed E-state index contributed by atoms with van der Waals surface area (Å²) in [6, 6.07) is 2.32. The Bertz CT molecular complexity index is 3420. The van der Waals surface area contributed by atoms with E-state index in [1.54, 1.807) is 48.5 Å². The Balaban J connectivity index is 1.53. The van der Waals surface area contributed by atoms with Gasteiger partial charge in [0.1, 0.15) is 11.2 Å². The van der Waals surface area contributed by atoms with Gasteiger partial charge in [0.25, 0.3) is 0 Å². The van der Waals surface area contributed by atoms with E-state index in [4.69, 9.17) is 25.0 Å². The number of hydrogen-bond donors (Lipinski definition) is 0. The lowest BCUT2D eigenvalue weighted by Gasteiger charge is -2.19. The molecule has 0 unspecified atom stereocenters. The fourth-order valence-electron chi connectivity index (χ4n) is 5.81. The van der Waals surface area contributed by atoms with Gasteiger partial charge in [0.05, 0.1) is 24.7 Å². The van der Waals surface area contributed by atoms with Crippen LogP contribution in [0.4, 0.5) is 0 Å². The predicted octanol–water partition coefficient (Wildman–Crippen LogP) is 12.0. The van der Waals surface area contributed by atoms with E-state index in [-0.39, 0.29) is 55.0 Å². The van der Waals surface area contributed by atoms with Crippen LogP contribution in [0.15, 0.2) is 162 Å². The Morgan fingerprint density at radius 1 is 0.419 bits per heavy atom. The van der Waals surface area contributed by atoms with Gasteiger partial charge >= 0.3 is 0 Å². The third-order valence-corrected chi connectivity index (χ3v) is 7.57. The van der Waals surface area contributed by atoms with E-state index < -0.39 is 120 Å². The summed E-state index contributed by atoms with van der Waals surface area (Å²) in [5.74, 6) is 0. The van der Waals surface area contributed by atoms with Crippen LogP contribution in [-0.2, 0) is 0 Å². The van der Waals surface area contributed by atoms with Crippen molar-refractivity contribution in [3.05, 3.63) is 157 Å². The number of benzene rings is 8. The van der Waals surface area contributed by atoms with Crippen molar-refractivity contribution in [3.63, 3.8) is 0 Å². The number of rotatable bonds is 3. The summed E-state index contributed by atoms with van der Waals surface area (Å²) in [5.41, 5.74) is -1.25. The third kappa shape index (κ3) is 3.65. The minimum Gasteiger partial charge on any atom is -0.456 e. The van der Waals surface area contributed by atoms with Gasteiger partial charge in [-0.25, -0.2) is 0 Å². The van der Waals surface area contributed by atoms with E-state index in [0.717, 1.165) is 0 Å². The van der Waals surface area contributed by atoms with Crippen LogP contribution in [0.5, 0.6) is 0 Å². The Kier molecular flexibility index (Phi) is 2.70. The van der Waals surface area contributed by atoms with Gasteiger partial charge in [0, 0.05) is 10.8 Å². The van der Waals surface area contributed by atoms with E-state index in [9.17, 15) is 4.11 Å². The number of fused-ring (bicyclic) bond motifs is 6. The number of furan rings is 1. The van der Waals surface area contributed by atoms with Crippen LogP contribution < -0.4 is 0 Å².